The van der Waals surface area contributed by atoms with Gasteiger partial charge < -0.3 is 5.32 Å². The molecule has 8 heteroatoms. The van der Waals surface area contributed by atoms with Gasteiger partial charge in [-0.1, -0.05) is 0 Å². The van der Waals surface area contributed by atoms with Crippen LogP contribution in [-0.4, -0.2) is 17.6 Å². The summed E-state index contributed by atoms with van der Waals surface area (Å²) in [6.07, 6.45) is -3.49. The Hall–Kier alpha value is -2.56. The van der Waals surface area contributed by atoms with Crippen LogP contribution in [0.5, 0.6) is 0 Å². The lowest BCUT2D eigenvalue weighted by atomic mass is 9.90. The number of alkyl halides is 3. The van der Waals surface area contributed by atoms with Crippen LogP contribution < -0.4 is 15.6 Å². The van der Waals surface area contributed by atoms with Crippen LogP contribution in [0.25, 0.3) is 0 Å². The predicted molar refractivity (Wildman–Crippen MR) is 66.6 cm³/mol. The number of H-pyrrole nitrogens is 1. The SMILES string of the molecule is CC1=C(C#N)[C@@](Nc2ccc(C)c[nH+]2)(C(F)(F)F)C(=O)N1. The minimum atomic E-state index is -4.97. The van der Waals surface area contributed by atoms with Gasteiger partial charge in [0.1, 0.15) is 11.6 Å². The van der Waals surface area contributed by atoms with E-state index in [1.54, 1.807) is 13.0 Å². The van der Waals surface area contributed by atoms with Crippen molar-refractivity contribution in [2.45, 2.75) is 25.6 Å². The zero-order valence-electron chi connectivity index (χ0n) is 11.2. The molecule has 2 heterocycles. The molecule has 1 aromatic heterocycles. The van der Waals surface area contributed by atoms with Crippen molar-refractivity contribution in [1.82, 2.24) is 5.32 Å². The Morgan fingerprint density at radius 2 is 2.05 bits per heavy atom. The van der Waals surface area contributed by atoms with E-state index in [-0.39, 0.29) is 11.5 Å². The van der Waals surface area contributed by atoms with E-state index in [4.69, 9.17) is 5.26 Å². The van der Waals surface area contributed by atoms with Crippen LogP contribution in [-0.2, 0) is 4.79 Å². The van der Waals surface area contributed by atoms with Crippen molar-refractivity contribution in [2.24, 2.45) is 0 Å². The summed E-state index contributed by atoms with van der Waals surface area (Å²) >= 11 is 0. The lowest BCUT2D eigenvalue weighted by Crippen LogP contribution is -2.59. The zero-order chi connectivity index (χ0) is 15.8. The van der Waals surface area contributed by atoms with Crippen LogP contribution in [0, 0.1) is 18.3 Å². The number of nitriles is 1. The summed E-state index contributed by atoms with van der Waals surface area (Å²) < 4.78 is 40.6. The van der Waals surface area contributed by atoms with Gasteiger partial charge in [0.05, 0.1) is 6.20 Å². The highest BCUT2D eigenvalue weighted by Gasteiger charge is 2.70. The molecule has 1 atom stereocenters. The van der Waals surface area contributed by atoms with Crippen molar-refractivity contribution in [3.8, 4) is 6.07 Å². The Morgan fingerprint density at radius 1 is 1.38 bits per heavy atom. The Bertz CT molecular complexity index is 657. The largest absolute Gasteiger partial charge is 0.446 e. The normalized spacial score (nSPS) is 22.0. The van der Waals surface area contributed by atoms with Gasteiger partial charge in [0, 0.05) is 11.8 Å². The predicted octanol–water partition coefficient (Wildman–Crippen LogP) is 1.45. The molecule has 0 radical (unpaired) electrons. The van der Waals surface area contributed by atoms with E-state index in [0.29, 0.717) is 0 Å². The highest BCUT2D eigenvalue weighted by Crippen LogP contribution is 2.42. The number of hydrogen-bond acceptors (Lipinski definition) is 3. The third kappa shape index (κ3) is 2.20. The Balaban J connectivity index is 2.57. The molecule has 2 rings (SSSR count). The van der Waals surface area contributed by atoms with E-state index in [2.05, 4.69) is 15.6 Å². The summed E-state index contributed by atoms with van der Waals surface area (Å²) in [6, 6.07) is 4.43. The number of nitrogens with one attached hydrogen (secondary N) is 3. The molecule has 0 aliphatic carbocycles. The molecule has 5 nitrogen and oxygen atoms in total. The van der Waals surface area contributed by atoms with Crippen molar-refractivity contribution in [2.75, 3.05) is 5.32 Å². The molecule has 110 valence electrons. The minimum Gasteiger partial charge on any atom is -0.324 e. The number of allylic oxidation sites excluding steroid dienone is 1. The fourth-order valence-corrected chi connectivity index (χ4v) is 2.13. The average Bonchev–Trinajstić information content (AvgIpc) is 2.63. The fraction of sp³-hybridized carbons (Fsp3) is 0.308. The first-order valence-electron chi connectivity index (χ1n) is 5.98. The molecular weight excluding hydrogens is 285 g/mol. The highest BCUT2D eigenvalue weighted by atomic mass is 19.4. The number of aromatic nitrogens is 1. The number of aromatic amines is 1. The van der Waals surface area contributed by atoms with Gasteiger partial charge >= 0.3 is 11.7 Å². The first-order chi connectivity index (χ1) is 9.72. The van der Waals surface area contributed by atoms with Gasteiger partial charge in [0.15, 0.2) is 0 Å². The quantitative estimate of drug-likeness (QED) is 0.867. The topological polar surface area (TPSA) is 79.1 Å². The molecule has 0 saturated heterocycles. The average molecular weight is 297 g/mol. The van der Waals surface area contributed by atoms with E-state index in [1.807, 2.05) is 0 Å². The maximum Gasteiger partial charge on any atom is 0.446 e. The number of amides is 1. The van der Waals surface area contributed by atoms with E-state index in [9.17, 15) is 18.0 Å². The number of anilines is 1. The fourth-order valence-electron chi connectivity index (χ4n) is 2.13. The Kier molecular flexibility index (Phi) is 3.37. The maximum atomic E-state index is 13.5. The number of aryl methyl sites for hydroxylation is 1. The van der Waals surface area contributed by atoms with Crippen molar-refractivity contribution in [3.05, 3.63) is 35.2 Å². The molecule has 1 aliphatic heterocycles. The number of halogens is 3. The molecule has 0 fully saturated rings. The summed E-state index contributed by atoms with van der Waals surface area (Å²) in [5.74, 6) is -1.34. The number of rotatable bonds is 2. The number of nitrogens with zero attached hydrogens (tertiary/aromatic N) is 1. The molecule has 1 aliphatic rings. The van der Waals surface area contributed by atoms with Crippen LogP contribution in [0.1, 0.15) is 12.5 Å². The molecule has 0 aromatic carbocycles. The summed E-state index contributed by atoms with van der Waals surface area (Å²) in [5, 5.41) is 13.2. The molecule has 1 amide bonds. The van der Waals surface area contributed by atoms with Crippen LogP contribution in [0.2, 0.25) is 0 Å². The zero-order valence-corrected chi connectivity index (χ0v) is 11.2. The monoisotopic (exact) mass is 297 g/mol. The van der Waals surface area contributed by atoms with Gasteiger partial charge in [-0.25, -0.2) is 10.3 Å². The minimum absolute atomic E-state index is 0.0180. The maximum absolute atomic E-state index is 13.5. The van der Waals surface area contributed by atoms with Crippen LogP contribution >= 0.6 is 0 Å². The molecule has 21 heavy (non-hydrogen) atoms. The van der Waals surface area contributed by atoms with E-state index < -0.39 is 23.2 Å². The van der Waals surface area contributed by atoms with Crippen LogP contribution in [0.4, 0.5) is 19.0 Å². The van der Waals surface area contributed by atoms with Crippen molar-refractivity contribution < 1.29 is 22.9 Å². The van der Waals surface area contributed by atoms with Crippen LogP contribution in [0.3, 0.4) is 0 Å². The molecule has 0 bridgehead atoms. The molecule has 3 N–H and O–H groups in total. The smallest absolute Gasteiger partial charge is 0.324 e. The number of carbonyl (C=O) groups excluding carboxylic acids is 1. The molecule has 1 aromatic rings. The third-order valence-corrected chi connectivity index (χ3v) is 3.22. The van der Waals surface area contributed by atoms with Crippen LogP contribution in [0.15, 0.2) is 29.6 Å². The number of pyridine rings is 1. The van der Waals surface area contributed by atoms with E-state index in [1.165, 1.54) is 25.3 Å². The van der Waals surface area contributed by atoms with Gasteiger partial charge in [0.25, 0.3) is 11.7 Å². The molecular formula is C13H12F3N4O+. The van der Waals surface area contributed by atoms with Gasteiger partial charge in [-0.3, -0.25) is 4.79 Å². The summed E-state index contributed by atoms with van der Waals surface area (Å²) in [4.78, 5) is 14.5. The van der Waals surface area contributed by atoms with Gasteiger partial charge in [-0.05, 0) is 25.5 Å². The third-order valence-electron chi connectivity index (χ3n) is 3.22. The van der Waals surface area contributed by atoms with Crippen molar-refractivity contribution in [3.63, 3.8) is 0 Å². The van der Waals surface area contributed by atoms with E-state index >= 15 is 0 Å². The second kappa shape index (κ2) is 4.77. The second-order valence-electron chi connectivity index (χ2n) is 4.72. The number of hydrogen-bond donors (Lipinski definition) is 2. The second-order valence-corrected chi connectivity index (χ2v) is 4.72. The number of carbonyl (C=O) groups is 1. The summed E-state index contributed by atoms with van der Waals surface area (Å²) in [5.41, 5.74) is -3.07. The summed E-state index contributed by atoms with van der Waals surface area (Å²) in [6.45, 7) is 3.01. The van der Waals surface area contributed by atoms with E-state index in [0.717, 1.165) is 5.56 Å². The van der Waals surface area contributed by atoms with Gasteiger partial charge in [-0.2, -0.15) is 18.4 Å². The van der Waals surface area contributed by atoms with Crippen molar-refractivity contribution in [1.29, 1.82) is 5.26 Å². The van der Waals surface area contributed by atoms with Gasteiger partial charge in [-0.15, -0.1) is 0 Å². The summed E-state index contributed by atoms with van der Waals surface area (Å²) in [7, 11) is 0. The molecule has 0 saturated carbocycles. The lowest BCUT2D eigenvalue weighted by Gasteiger charge is -2.26. The Labute approximate surface area is 118 Å². The van der Waals surface area contributed by atoms with Gasteiger partial charge in [0.2, 0.25) is 0 Å². The molecule has 0 unspecified atom stereocenters. The standard InChI is InChI=1S/C13H11F3N4O/c1-7-3-4-10(18-6-7)20-12(13(14,15)16)9(5-17)8(2)19-11(12)21/h3-4,6H,1-2H3,(H,18,20)(H,19,21)/p+1/t12-/m0/s1. The first-order valence-corrected chi connectivity index (χ1v) is 5.98. The highest BCUT2D eigenvalue weighted by molar-refractivity contribution is 5.99. The van der Waals surface area contributed by atoms with Crippen molar-refractivity contribution >= 4 is 11.7 Å². The molecule has 0 spiro atoms. The Morgan fingerprint density at radius 3 is 2.52 bits per heavy atom. The first kappa shape index (κ1) is 14.8. The lowest BCUT2D eigenvalue weighted by molar-refractivity contribution is -0.363.